The monoisotopic (exact) mass is 546 g/mol. The lowest BCUT2D eigenvalue weighted by molar-refractivity contribution is -0.148. The molecule has 1 fully saturated rings. The first kappa shape index (κ1) is 30.4. The number of benzene rings is 1. The third-order valence-electron chi connectivity index (χ3n) is 6.92. The van der Waals surface area contributed by atoms with E-state index in [-0.39, 0.29) is 36.9 Å². The first-order chi connectivity index (χ1) is 17.8. The molecule has 0 N–H and O–H groups in total. The molecule has 8 heteroatoms. The number of ether oxygens (including phenoxy) is 6. The minimum absolute atomic E-state index is 0.00160. The lowest BCUT2D eigenvalue weighted by Crippen LogP contribution is -2.29. The summed E-state index contributed by atoms with van der Waals surface area (Å²) in [6.45, 7) is 17.5. The van der Waals surface area contributed by atoms with Crippen LogP contribution in [0.15, 0.2) is 30.4 Å². The molecule has 2 aliphatic heterocycles. The molecule has 0 spiro atoms. The maximum absolute atomic E-state index is 13.5. The topological polar surface area (TPSA) is 72.5 Å². The number of carbonyl (C=O) groups excluding carboxylic acids is 1. The van der Waals surface area contributed by atoms with Crippen molar-refractivity contribution in [3.05, 3.63) is 41.5 Å². The second kappa shape index (κ2) is 12.8. The molecule has 0 saturated carbocycles. The third-order valence-corrected chi connectivity index (χ3v) is 8.62. The Bertz CT molecular complexity index is 1010. The van der Waals surface area contributed by atoms with E-state index in [9.17, 15) is 4.79 Å². The Balaban J connectivity index is 2.03. The quantitative estimate of drug-likeness (QED) is 0.163. The van der Waals surface area contributed by atoms with Crippen molar-refractivity contribution in [1.29, 1.82) is 0 Å². The van der Waals surface area contributed by atoms with Crippen LogP contribution in [0.3, 0.4) is 0 Å². The van der Waals surface area contributed by atoms with Crippen molar-refractivity contribution in [2.75, 3.05) is 20.5 Å². The average molecular weight is 547 g/mol. The number of hydrogen-bond acceptors (Lipinski definition) is 7. The van der Waals surface area contributed by atoms with Gasteiger partial charge in [0.25, 0.3) is 0 Å². The molecule has 3 rings (SSSR count). The number of hydrogen-bond donors (Lipinski definition) is 0. The molecule has 1 saturated heterocycles. The van der Waals surface area contributed by atoms with Gasteiger partial charge in [-0.15, -0.1) is 0 Å². The first-order valence-corrected chi connectivity index (χ1v) is 17.3. The standard InChI is InChI=1S/C30H46O7Si/c1-20-13-14-21(2)28-25(36-30(4,5)37-28)12-10-11-23-17-24(33-15-16-38(7,8)9)18-26(34-19-32-6)27(23)29(31)35-22(20)3/h10-11,13-14,17-18,20-22,25,28H,12,15-16,19H2,1-9H3/b11-10?,14-13-. The summed E-state index contributed by atoms with van der Waals surface area (Å²) in [5.74, 6) is 0.0532. The van der Waals surface area contributed by atoms with Crippen LogP contribution < -0.4 is 9.47 Å². The van der Waals surface area contributed by atoms with E-state index >= 15 is 0 Å². The van der Waals surface area contributed by atoms with Gasteiger partial charge >= 0.3 is 5.97 Å². The van der Waals surface area contributed by atoms with Crippen LogP contribution in [-0.2, 0) is 18.9 Å². The van der Waals surface area contributed by atoms with Gasteiger partial charge in [-0.3, -0.25) is 0 Å². The van der Waals surface area contributed by atoms with Crippen molar-refractivity contribution < 1.29 is 33.2 Å². The molecular formula is C30H46O7Si. The van der Waals surface area contributed by atoms with Gasteiger partial charge in [0.15, 0.2) is 12.6 Å². The Kier molecular flexibility index (Phi) is 10.3. The molecule has 5 atom stereocenters. The summed E-state index contributed by atoms with van der Waals surface area (Å²) < 4.78 is 35.6. The Hall–Kier alpha value is -2.13. The maximum Gasteiger partial charge on any atom is 0.342 e. The van der Waals surface area contributed by atoms with Crippen LogP contribution in [0.4, 0.5) is 0 Å². The fraction of sp³-hybridized carbons (Fsp3) is 0.633. The minimum Gasteiger partial charge on any atom is -0.494 e. The van der Waals surface area contributed by atoms with Gasteiger partial charge in [0.2, 0.25) is 0 Å². The highest BCUT2D eigenvalue weighted by Crippen LogP contribution is 2.36. The normalized spacial score (nSPS) is 28.6. The average Bonchev–Trinajstić information content (AvgIpc) is 3.13. The molecule has 2 heterocycles. The van der Waals surface area contributed by atoms with Crippen LogP contribution >= 0.6 is 0 Å². The van der Waals surface area contributed by atoms with Crippen LogP contribution in [-0.4, -0.2) is 58.7 Å². The summed E-state index contributed by atoms with van der Waals surface area (Å²) in [5.41, 5.74) is 1.02. The molecule has 212 valence electrons. The number of carbonyl (C=O) groups is 1. The molecule has 7 nitrogen and oxygen atoms in total. The number of esters is 1. The Labute approximate surface area is 229 Å². The van der Waals surface area contributed by atoms with Crippen molar-refractivity contribution >= 4 is 20.1 Å². The van der Waals surface area contributed by atoms with Crippen molar-refractivity contribution in [3.8, 4) is 11.5 Å². The largest absolute Gasteiger partial charge is 0.494 e. The van der Waals surface area contributed by atoms with Gasteiger partial charge in [-0.2, -0.15) is 0 Å². The van der Waals surface area contributed by atoms with Crippen molar-refractivity contribution in [3.63, 3.8) is 0 Å². The molecule has 0 amide bonds. The van der Waals surface area contributed by atoms with Crippen molar-refractivity contribution in [2.24, 2.45) is 11.8 Å². The fourth-order valence-electron chi connectivity index (χ4n) is 4.53. The molecule has 38 heavy (non-hydrogen) atoms. The predicted octanol–water partition coefficient (Wildman–Crippen LogP) is 6.70. The molecule has 0 radical (unpaired) electrons. The number of methoxy groups -OCH3 is 1. The highest BCUT2D eigenvalue weighted by molar-refractivity contribution is 6.76. The van der Waals surface area contributed by atoms with E-state index in [1.165, 1.54) is 0 Å². The smallest absolute Gasteiger partial charge is 0.342 e. The minimum atomic E-state index is -1.27. The van der Waals surface area contributed by atoms with E-state index in [0.717, 1.165) is 6.04 Å². The molecule has 0 aromatic heterocycles. The zero-order valence-electron chi connectivity index (χ0n) is 24.5. The maximum atomic E-state index is 13.5. The highest BCUT2D eigenvalue weighted by atomic mass is 28.3. The van der Waals surface area contributed by atoms with E-state index < -0.39 is 19.8 Å². The number of rotatable bonds is 7. The number of fused-ring (bicyclic) bond motifs is 2. The zero-order chi connectivity index (χ0) is 28.1. The lowest BCUT2D eigenvalue weighted by atomic mass is 9.94. The number of cyclic esters (lactones) is 1. The third kappa shape index (κ3) is 8.43. The van der Waals surface area contributed by atoms with Gasteiger partial charge in [-0.25, -0.2) is 4.79 Å². The van der Waals surface area contributed by atoms with Gasteiger partial charge in [0.1, 0.15) is 23.2 Å². The van der Waals surface area contributed by atoms with Gasteiger partial charge in [-0.1, -0.05) is 57.8 Å². The van der Waals surface area contributed by atoms with Crippen LogP contribution in [0.5, 0.6) is 11.5 Å². The van der Waals surface area contributed by atoms with Crippen LogP contribution in [0.2, 0.25) is 25.7 Å². The van der Waals surface area contributed by atoms with E-state index in [1.54, 1.807) is 13.2 Å². The second-order valence-electron chi connectivity index (χ2n) is 12.1. The van der Waals surface area contributed by atoms with Gasteiger partial charge in [0.05, 0.1) is 18.8 Å². The Morgan fingerprint density at radius 2 is 1.74 bits per heavy atom. The van der Waals surface area contributed by atoms with Crippen molar-refractivity contribution in [2.45, 2.75) is 90.8 Å². The fourth-order valence-corrected chi connectivity index (χ4v) is 5.24. The molecule has 5 unspecified atom stereocenters. The lowest BCUT2D eigenvalue weighted by Gasteiger charge is -2.23. The molecule has 0 bridgehead atoms. The Morgan fingerprint density at radius 3 is 2.42 bits per heavy atom. The molecule has 1 aromatic carbocycles. The summed E-state index contributed by atoms with van der Waals surface area (Å²) in [7, 11) is 0.275. The summed E-state index contributed by atoms with van der Waals surface area (Å²) in [6.07, 6.45) is 8.25. The Morgan fingerprint density at radius 1 is 1.03 bits per heavy atom. The van der Waals surface area contributed by atoms with Crippen LogP contribution in [0.25, 0.3) is 6.08 Å². The van der Waals surface area contributed by atoms with Crippen molar-refractivity contribution in [1.82, 2.24) is 0 Å². The van der Waals surface area contributed by atoms with E-state index in [4.69, 9.17) is 28.4 Å². The second-order valence-corrected chi connectivity index (χ2v) is 17.7. The van der Waals surface area contributed by atoms with E-state index in [1.807, 2.05) is 45.9 Å². The van der Waals surface area contributed by atoms with E-state index in [0.29, 0.717) is 35.7 Å². The highest BCUT2D eigenvalue weighted by Gasteiger charge is 2.42. The first-order valence-electron chi connectivity index (χ1n) is 13.6. The van der Waals surface area contributed by atoms with Gasteiger partial charge in [0, 0.05) is 33.1 Å². The molecule has 2 aliphatic rings. The van der Waals surface area contributed by atoms with Crippen LogP contribution in [0, 0.1) is 11.8 Å². The summed E-state index contributed by atoms with van der Waals surface area (Å²) in [6, 6.07) is 4.66. The summed E-state index contributed by atoms with van der Waals surface area (Å²) in [4.78, 5) is 13.5. The molecular weight excluding hydrogens is 500 g/mol. The van der Waals surface area contributed by atoms with Gasteiger partial charge in [-0.05, 0) is 44.9 Å². The zero-order valence-corrected chi connectivity index (χ0v) is 25.5. The summed E-state index contributed by atoms with van der Waals surface area (Å²) >= 11 is 0. The molecule has 0 aliphatic carbocycles. The van der Waals surface area contributed by atoms with Crippen LogP contribution in [0.1, 0.15) is 57.0 Å². The molecule has 1 aromatic rings. The SMILES string of the molecule is COCOc1cc(OCC[Si](C)(C)C)cc2c1C(=O)OC(C)C(C)/C=C\C(C)C1OC(C)(C)OC1CC=C2. The van der Waals surface area contributed by atoms with Gasteiger partial charge < -0.3 is 28.4 Å². The summed E-state index contributed by atoms with van der Waals surface area (Å²) in [5, 5.41) is 0. The van der Waals surface area contributed by atoms with E-state index in [2.05, 4.69) is 38.7 Å². The predicted molar refractivity (Wildman–Crippen MR) is 152 cm³/mol.